The van der Waals surface area contributed by atoms with E-state index < -0.39 is 0 Å². The van der Waals surface area contributed by atoms with Crippen LogP contribution < -0.4 is 4.74 Å². The van der Waals surface area contributed by atoms with Crippen molar-refractivity contribution < 1.29 is 4.74 Å². The van der Waals surface area contributed by atoms with Crippen LogP contribution in [-0.4, -0.2) is 14.4 Å². The van der Waals surface area contributed by atoms with Crippen LogP contribution in [0, 0.1) is 29.6 Å². The first-order valence-electron chi connectivity index (χ1n) is 8.21. The Hall–Kier alpha value is -4.16. The molecular weight excluding hydrogens is 338 g/mol. The summed E-state index contributed by atoms with van der Waals surface area (Å²) in [5.41, 5.74) is 4.01. The predicted molar refractivity (Wildman–Crippen MR) is 99.1 cm³/mol. The Kier molecular flexibility index (Phi) is 4.00. The molecule has 128 valence electrons. The van der Waals surface area contributed by atoms with Gasteiger partial charge in [-0.05, 0) is 37.3 Å². The number of aromatic nitrogens is 3. The molecule has 0 radical (unpaired) electrons. The summed E-state index contributed by atoms with van der Waals surface area (Å²) in [6, 6.07) is 16.7. The van der Waals surface area contributed by atoms with Crippen molar-refractivity contribution in [2.45, 2.75) is 6.92 Å². The molecule has 0 aliphatic heterocycles. The fourth-order valence-corrected chi connectivity index (χ4v) is 2.86. The molecular formula is C21H13N5O. The SMILES string of the molecule is Cc1nc(Oc2ccccc2C#N)c(C#N)cc1-c1ccc2nccn2c1. The van der Waals surface area contributed by atoms with Crippen LogP contribution in [0.2, 0.25) is 0 Å². The van der Waals surface area contributed by atoms with Crippen LogP contribution in [0.25, 0.3) is 16.8 Å². The molecule has 27 heavy (non-hydrogen) atoms. The molecule has 0 saturated carbocycles. The molecule has 0 amide bonds. The van der Waals surface area contributed by atoms with Gasteiger partial charge in [0.05, 0.1) is 5.56 Å². The maximum absolute atomic E-state index is 9.57. The summed E-state index contributed by atoms with van der Waals surface area (Å²) in [5.74, 6) is 0.557. The normalized spacial score (nSPS) is 10.3. The van der Waals surface area contributed by atoms with Crippen LogP contribution in [0.5, 0.6) is 11.6 Å². The first-order chi connectivity index (χ1) is 13.2. The highest BCUT2D eigenvalue weighted by molar-refractivity contribution is 5.69. The summed E-state index contributed by atoms with van der Waals surface area (Å²) in [7, 11) is 0. The zero-order valence-corrected chi connectivity index (χ0v) is 14.4. The molecule has 4 rings (SSSR count). The number of rotatable bonds is 3. The molecule has 0 bridgehead atoms. The standard InChI is InChI=1S/C21H13N5O/c1-14-18(16-6-7-20-24-8-9-26(20)13-16)10-17(12-23)21(25-14)27-19-5-3-2-4-15(19)11-22/h2-10,13H,1H3. The molecule has 3 aromatic heterocycles. The number of nitrogens with zero attached hydrogens (tertiary/aromatic N) is 5. The molecule has 4 aromatic rings. The lowest BCUT2D eigenvalue weighted by atomic mass is 10.0. The van der Waals surface area contributed by atoms with Gasteiger partial charge in [-0.2, -0.15) is 10.5 Å². The maximum atomic E-state index is 9.57. The van der Waals surface area contributed by atoms with Crippen molar-refractivity contribution in [3.8, 4) is 34.9 Å². The number of aryl methyl sites for hydroxylation is 1. The molecule has 0 unspecified atom stereocenters. The van der Waals surface area contributed by atoms with Gasteiger partial charge in [-0.3, -0.25) is 0 Å². The molecule has 0 spiro atoms. The third kappa shape index (κ3) is 2.97. The Balaban J connectivity index is 1.79. The topological polar surface area (TPSA) is 87.0 Å². The van der Waals surface area contributed by atoms with E-state index in [0.29, 0.717) is 16.9 Å². The number of benzene rings is 1. The average molecular weight is 351 g/mol. The largest absolute Gasteiger partial charge is 0.436 e. The molecule has 0 aliphatic rings. The van der Waals surface area contributed by atoms with Gasteiger partial charge in [0.25, 0.3) is 0 Å². The predicted octanol–water partition coefficient (Wildman–Crippen LogP) is 4.24. The van der Waals surface area contributed by atoms with E-state index >= 15 is 0 Å². The van der Waals surface area contributed by atoms with E-state index in [1.54, 1.807) is 36.5 Å². The molecule has 3 heterocycles. The Labute approximate surface area is 155 Å². The van der Waals surface area contributed by atoms with Crippen LogP contribution in [-0.2, 0) is 0 Å². The molecule has 6 heteroatoms. The molecule has 0 N–H and O–H groups in total. The van der Waals surface area contributed by atoms with Gasteiger partial charge in [-0.1, -0.05) is 12.1 Å². The first kappa shape index (κ1) is 16.3. The molecule has 0 atom stereocenters. The summed E-state index contributed by atoms with van der Waals surface area (Å²) in [6.45, 7) is 1.86. The lowest BCUT2D eigenvalue weighted by Gasteiger charge is -2.12. The summed E-state index contributed by atoms with van der Waals surface area (Å²) in [6.07, 6.45) is 5.54. The van der Waals surface area contributed by atoms with Crippen LogP contribution >= 0.6 is 0 Å². The quantitative estimate of drug-likeness (QED) is 0.551. The number of para-hydroxylation sites is 1. The van der Waals surface area contributed by atoms with Crippen molar-refractivity contribution in [3.05, 3.63) is 77.9 Å². The van der Waals surface area contributed by atoms with Crippen LogP contribution in [0.4, 0.5) is 0 Å². The van der Waals surface area contributed by atoms with E-state index in [-0.39, 0.29) is 5.88 Å². The van der Waals surface area contributed by atoms with Gasteiger partial charge < -0.3 is 9.14 Å². The van der Waals surface area contributed by atoms with E-state index in [9.17, 15) is 10.5 Å². The van der Waals surface area contributed by atoms with Crippen molar-refractivity contribution >= 4 is 5.65 Å². The highest BCUT2D eigenvalue weighted by Crippen LogP contribution is 2.31. The number of pyridine rings is 2. The zero-order valence-electron chi connectivity index (χ0n) is 14.4. The van der Waals surface area contributed by atoms with Gasteiger partial charge in [-0.25, -0.2) is 9.97 Å². The fraction of sp³-hybridized carbons (Fsp3) is 0.0476. The lowest BCUT2D eigenvalue weighted by molar-refractivity contribution is 0.458. The van der Waals surface area contributed by atoms with E-state index in [1.807, 2.05) is 35.9 Å². The summed E-state index contributed by atoms with van der Waals surface area (Å²) >= 11 is 0. The van der Waals surface area contributed by atoms with Gasteiger partial charge >= 0.3 is 0 Å². The third-order valence-corrected chi connectivity index (χ3v) is 4.21. The second-order valence-corrected chi connectivity index (χ2v) is 5.91. The summed E-state index contributed by atoms with van der Waals surface area (Å²) in [4.78, 5) is 8.72. The van der Waals surface area contributed by atoms with Crippen molar-refractivity contribution in [3.63, 3.8) is 0 Å². The zero-order chi connectivity index (χ0) is 18.8. The van der Waals surface area contributed by atoms with E-state index in [0.717, 1.165) is 22.5 Å². The monoisotopic (exact) mass is 351 g/mol. The van der Waals surface area contributed by atoms with Crippen LogP contribution in [0.15, 0.2) is 61.1 Å². The molecule has 1 aromatic carbocycles. The van der Waals surface area contributed by atoms with Crippen LogP contribution in [0.1, 0.15) is 16.8 Å². The minimum atomic E-state index is 0.185. The van der Waals surface area contributed by atoms with Crippen molar-refractivity contribution in [2.75, 3.05) is 0 Å². The average Bonchev–Trinajstić information content (AvgIpc) is 3.16. The fourth-order valence-electron chi connectivity index (χ4n) is 2.86. The maximum Gasteiger partial charge on any atom is 0.237 e. The lowest BCUT2D eigenvalue weighted by Crippen LogP contribution is -1.98. The highest BCUT2D eigenvalue weighted by atomic mass is 16.5. The number of ether oxygens (including phenoxy) is 1. The van der Waals surface area contributed by atoms with Gasteiger partial charge in [0.2, 0.25) is 5.88 Å². The van der Waals surface area contributed by atoms with E-state index in [2.05, 4.69) is 22.1 Å². The molecule has 6 nitrogen and oxygen atoms in total. The summed E-state index contributed by atoms with van der Waals surface area (Å²) < 4.78 is 7.69. The van der Waals surface area contributed by atoms with Gasteiger partial charge in [0, 0.05) is 35.4 Å². The minimum absolute atomic E-state index is 0.185. The first-order valence-corrected chi connectivity index (χ1v) is 8.21. The van der Waals surface area contributed by atoms with Gasteiger partial charge in [0.1, 0.15) is 29.1 Å². The highest BCUT2D eigenvalue weighted by Gasteiger charge is 2.14. The summed E-state index contributed by atoms with van der Waals surface area (Å²) in [5, 5.41) is 18.8. The Bertz CT molecular complexity index is 1240. The Morgan fingerprint density at radius 2 is 1.85 bits per heavy atom. The van der Waals surface area contributed by atoms with Gasteiger partial charge in [0.15, 0.2) is 0 Å². The Morgan fingerprint density at radius 1 is 1.04 bits per heavy atom. The number of imidazole rings is 1. The van der Waals surface area contributed by atoms with Crippen molar-refractivity contribution in [1.82, 2.24) is 14.4 Å². The van der Waals surface area contributed by atoms with Crippen molar-refractivity contribution in [1.29, 1.82) is 10.5 Å². The number of hydrogen-bond acceptors (Lipinski definition) is 5. The third-order valence-electron chi connectivity index (χ3n) is 4.21. The van der Waals surface area contributed by atoms with Crippen molar-refractivity contribution in [2.24, 2.45) is 0 Å². The molecule has 0 aliphatic carbocycles. The second-order valence-electron chi connectivity index (χ2n) is 5.91. The van der Waals surface area contributed by atoms with E-state index in [1.165, 1.54) is 0 Å². The number of nitriles is 2. The number of fused-ring (bicyclic) bond motifs is 1. The smallest absolute Gasteiger partial charge is 0.237 e. The Morgan fingerprint density at radius 3 is 2.67 bits per heavy atom. The van der Waals surface area contributed by atoms with Gasteiger partial charge in [-0.15, -0.1) is 0 Å². The second kappa shape index (κ2) is 6.62. The molecule has 0 saturated heterocycles. The molecule has 0 fully saturated rings. The van der Waals surface area contributed by atoms with E-state index in [4.69, 9.17) is 4.74 Å². The number of hydrogen-bond donors (Lipinski definition) is 0. The van der Waals surface area contributed by atoms with Crippen LogP contribution in [0.3, 0.4) is 0 Å². The minimum Gasteiger partial charge on any atom is -0.436 e.